The van der Waals surface area contributed by atoms with Crippen molar-refractivity contribution in [1.29, 1.82) is 0 Å². The van der Waals surface area contributed by atoms with Crippen LogP contribution in [0.5, 0.6) is 0 Å². The van der Waals surface area contributed by atoms with Gasteiger partial charge in [-0.3, -0.25) is 0 Å². The summed E-state index contributed by atoms with van der Waals surface area (Å²) in [6, 6.07) is -0.732. The Morgan fingerprint density at radius 2 is 1.94 bits per heavy atom. The minimum Gasteiger partial charge on any atom is -0.510 e. The molecule has 104 valence electrons. The minimum absolute atomic E-state index is 0.219. The summed E-state index contributed by atoms with van der Waals surface area (Å²) in [6.45, 7) is 8.58. The van der Waals surface area contributed by atoms with Crippen LogP contribution in [0.2, 0.25) is 0 Å². The predicted molar refractivity (Wildman–Crippen MR) is 66.2 cm³/mol. The standard InChI is InChI=1S/C12H21NO5/c1-6-17-10(15)7-9(14)8(2)13-11(16)18-12(3,4)5/h7-8,14H,6H2,1-5H3,(H,13,16)/b9-7-/t8-/m1/s1. The fraction of sp³-hybridized carbons (Fsp3) is 0.667. The van der Waals surface area contributed by atoms with Crippen LogP contribution in [0.25, 0.3) is 0 Å². The molecule has 0 aliphatic carbocycles. The summed E-state index contributed by atoms with van der Waals surface area (Å²) < 4.78 is 9.64. The van der Waals surface area contributed by atoms with Crippen LogP contribution in [0.1, 0.15) is 34.6 Å². The molecule has 0 heterocycles. The summed E-state index contributed by atoms with van der Waals surface area (Å²) >= 11 is 0. The van der Waals surface area contributed by atoms with E-state index >= 15 is 0 Å². The first-order valence-electron chi connectivity index (χ1n) is 5.72. The third-order valence-corrected chi connectivity index (χ3v) is 1.73. The number of hydrogen-bond acceptors (Lipinski definition) is 5. The highest BCUT2D eigenvalue weighted by molar-refractivity contribution is 5.82. The lowest BCUT2D eigenvalue weighted by molar-refractivity contribution is -0.137. The van der Waals surface area contributed by atoms with E-state index in [-0.39, 0.29) is 12.4 Å². The van der Waals surface area contributed by atoms with Crippen molar-refractivity contribution in [1.82, 2.24) is 5.32 Å². The number of aliphatic hydroxyl groups is 1. The zero-order valence-corrected chi connectivity index (χ0v) is 11.4. The van der Waals surface area contributed by atoms with Gasteiger partial charge in [0.2, 0.25) is 0 Å². The monoisotopic (exact) mass is 259 g/mol. The van der Waals surface area contributed by atoms with Crippen molar-refractivity contribution in [2.24, 2.45) is 0 Å². The maximum absolute atomic E-state index is 11.4. The first-order valence-corrected chi connectivity index (χ1v) is 5.72. The molecule has 0 aliphatic rings. The SMILES string of the molecule is CCOC(=O)/C=C(\O)[C@@H](C)NC(=O)OC(C)(C)C. The van der Waals surface area contributed by atoms with E-state index in [0.717, 1.165) is 6.08 Å². The second-order valence-electron chi connectivity index (χ2n) is 4.69. The van der Waals surface area contributed by atoms with Gasteiger partial charge in [0.15, 0.2) is 0 Å². The number of nitrogens with one attached hydrogen (secondary N) is 1. The van der Waals surface area contributed by atoms with Crippen LogP contribution in [0.3, 0.4) is 0 Å². The molecule has 0 radical (unpaired) electrons. The molecule has 0 aromatic carbocycles. The quantitative estimate of drug-likeness (QED) is 0.457. The number of ether oxygens (including phenoxy) is 2. The summed E-state index contributed by atoms with van der Waals surface area (Å²) in [5.74, 6) is -0.952. The molecule has 18 heavy (non-hydrogen) atoms. The molecule has 0 fully saturated rings. The summed E-state index contributed by atoms with van der Waals surface area (Å²) in [5.41, 5.74) is -0.621. The lowest BCUT2D eigenvalue weighted by atomic mass is 10.2. The molecular weight excluding hydrogens is 238 g/mol. The third-order valence-electron chi connectivity index (χ3n) is 1.73. The van der Waals surface area contributed by atoms with Crippen molar-refractivity contribution < 1.29 is 24.2 Å². The van der Waals surface area contributed by atoms with Crippen LogP contribution >= 0.6 is 0 Å². The maximum atomic E-state index is 11.4. The van der Waals surface area contributed by atoms with Crippen LogP contribution < -0.4 is 5.32 Å². The van der Waals surface area contributed by atoms with Crippen molar-refractivity contribution in [3.8, 4) is 0 Å². The Bertz CT molecular complexity index is 330. The number of hydrogen-bond donors (Lipinski definition) is 2. The lowest BCUT2D eigenvalue weighted by Crippen LogP contribution is -2.38. The first-order chi connectivity index (χ1) is 8.15. The topological polar surface area (TPSA) is 84.9 Å². The zero-order valence-electron chi connectivity index (χ0n) is 11.4. The molecule has 0 aromatic rings. The maximum Gasteiger partial charge on any atom is 0.408 e. The van der Waals surface area contributed by atoms with Crippen LogP contribution in [-0.4, -0.2) is 35.4 Å². The van der Waals surface area contributed by atoms with Crippen LogP contribution in [-0.2, 0) is 14.3 Å². The molecule has 0 bridgehead atoms. The van der Waals surface area contributed by atoms with Crippen molar-refractivity contribution in [2.75, 3.05) is 6.61 Å². The Hall–Kier alpha value is -1.72. The van der Waals surface area contributed by atoms with E-state index in [2.05, 4.69) is 10.1 Å². The Kier molecular flexibility index (Phi) is 6.22. The Labute approximate surface area is 107 Å². The largest absolute Gasteiger partial charge is 0.510 e. The van der Waals surface area contributed by atoms with Gasteiger partial charge in [-0.2, -0.15) is 0 Å². The van der Waals surface area contributed by atoms with Gasteiger partial charge in [-0.25, -0.2) is 9.59 Å². The molecule has 0 spiro atoms. The van der Waals surface area contributed by atoms with Gasteiger partial charge in [0.25, 0.3) is 0 Å². The van der Waals surface area contributed by atoms with Crippen LogP contribution in [0, 0.1) is 0 Å². The van der Waals surface area contributed by atoms with E-state index in [1.54, 1.807) is 27.7 Å². The van der Waals surface area contributed by atoms with Crippen molar-refractivity contribution in [3.63, 3.8) is 0 Å². The van der Waals surface area contributed by atoms with Crippen LogP contribution in [0.15, 0.2) is 11.8 Å². The molecule has 6 nitrogen and oxygen atoms in total. The highest BCUT2D eigenvalue weighted by atomic mass is 16.6. The zero-order chi connectivity index (χ0) is 14.3. The molecule has 1 amide bonds. The van der Waals surface area contributed by atoms with Crippen LogP contribution in [0.4, 0.5) is 4.79 Å². The number of alkyl carbamates (subject to hydrolysis) is 1. The minimum atomic E-state index is -0.732. The summed E-state index contributed by atoms with van der Waals surface area (Å²) in [5, 5.41) is 11.9. The lowest BCUT2D eigenvalue weighted by Gasteiger charge is -2.21. The van der Waals surface area contributed by atoms with Gasteiger partial charge in [-0.1, -0.05) is 0 Å². The average molecular weight is 259 g/mol. The average Bonchev–Trinajstić information content (AvgIpc) is 2.14. The number of amides is 1. The summed E-state index contributed by atoms with van der Waals surface area (Å²) in [7, 11) is 0. The molecule has 0 aromatic heterocycles. The fourth-order valence-corrected chi connectivity index (χ4v) is 0.988. The second kappa shape index (κ2) is 6.88. The molecule has 6 heteroatoms. The molecule has 2 N–H and O–H groups in total. The third kappa shape index (κ3) is 7.54. The van der Waals surface area contributed by atoms with E-state index in [9.17, 15) is 14.7 Å². The van der Waals surface area contributed by atoms with E-state index in [1.807, 2.05) is 0 Å². The van der Waals surface area contributed by atoms with E-state index < -0.39 is 23.7 Å². The summed E-state index contributed by atoms with van der Waals surface area (Å²) in [4.78, 5) is 22.5. The van der Waals surface area contributed by atoms with Gasteiger partial charge in [0.05, 0.1) is 18.7 Å². The van der Waals surface area contributed by atoms with Crippen molar-refractivity contribution >= 4 is 12.1 Å². The normalized spacial score (nSPS) is 13.7. The van der Waals surface area contributed by atoms with E-state index in [1.165, 1.54) is 6.92 Å². The van der Waals surface area contributed by atoms with Gasteiger partial charge in [0, 0.05) is 0 Å². The van der Waals surface area contributed by atoms with Gasteiger partial charge in [0.1, 0.15) is 11.4 Å². The Balaban J connectivity index is 4.36. The molecular formula is C12H21NO5. The smallest absolute Gasteiger partial charge is 0.408 e. The van der Waals surface area contributed by atoms with Gasteiger partial charge in [-0.15, -0.1) is 0 Å². The number of esters is 1. The number of carbonyl (C=O) groups is 2. The van der Waals surface area contributed by atoms with E-state index in [0.29, 0.717) is 0 Å². The molecule has 0 rings (SSSR count). The van der Waals surface area contributed by atoms with E-state index in [4.69, 9.17) is 4.74 Å². The van der Waals surface area contributed by atoms with Crippen molar-refractivity contribution in [3.05, 3.63) is 11.8 Å². The molecule has 0 saturated heterocycles. The van der Waals surface area contributed by atoms with Crippen molar-refractivity contribution in [2.45, 2.75) is 46.3 Å². The first kappa shape index (κ1) is 16.3. The highest BCUT2D eigenvalue weighted by Gasteiger charge is 2.19. The number of aliphatic hydroxyl groups excluding tert-OH is 1. The number of carbonyl (C=O) groups excluding carboxylic acids is 2. The number of rotatable bonds is 4. The molecule has 1 atom stereocenters. The molecule has 0 saturated carbocycles. The second-order valence-corrected chi connectivity index (χ2v) is 4.69. The summed E-state index contributed by atoms with van der Waals surface area (Å²) in [6.07, 6.45) is 0.254. The Morgan fingerprint density at radius 1 is 1.39 bits per heavy atom. The fourth-order valence-electron chi connectivity index (χ4n) is 0.988. The Morgan fingerprint density at radius 3 is 2.39 bits per heavy atom. The highest BCUT2D eigenvalue weighted by Crippen LogP contribution is 2.07. The molecule has 0 unspecified atom stereocenters. The molecule has 0 aliphatic heterocycles. The van der Waals surface area contributed by atoms with Gasteiger partial charge in [-0.05, 0) is 34.6 Å². The van der Waals surface area contributed by atoms with Gasteiger partial charge >= 0.3 is 12.1 Å². The predicted octanol–water partition coefficient (Wildman–Crippen LogP) is 1.90. The van der Waals surface area contributed by atoms with Gasteiger partial charge < -0.3 is 19.9 Å².